The quantitative estimate of drug-likeness (QED) is 0.387. The first-order valence-corrected chi connectivity index (χ1v) is 11.4. The summed E-state index contributed by atoms with van der Waals surface area (Å²) in [6, 6.07) is 15.5. The number of pyridine rings is 1. The fourth-order valence-electron chi connectivity index (χ4n) is 3.92. The van der Waals surface area contributed by atoms with Gasteiger partial charge >= 0.3 is 0 Å². The number of nitrogens with zero attached hydrogens (tertiary/aromatic N) is 3. The van der Waals surface area contributed by atoms with Gasteiger partial charge in [0.25, 0.3) is 11.8 Å². The number of hydrogen-bond donors (Lipinski definition) is 3. The maximum absolute atomic E-state index is 13.1. The van der Waals surface area contributed by atoms with E-state index in [4.69, 9.17) is 4.98 Å². The van der Waals surface area contributed by atoms with Crippen LogP contribution in [0.2, 0.25) is 0 Å². The Morgan fingerprint density at radius 3 is 2.53 bits per heavy atom. The third-order valence-electron chi connectivity index (χ3n) is 5.98. The largest absolute Gasteiger partial charge is 0.507 e. The molecule has 1 aliphatic carbocycles. The predicted molar refractivity (Wildman–Crippen MR) is 129 cm³/mol. The third kappa shape index (κ3) is 4.34. The molecule has 4 aromatic rings. The van der Waals surface area contributed by atoms with Crippen molar-refractivity contribution in [3.05, 3.63) is 83.2 Å². The number of para-hydroxylation sites is 1. The number of nitrogens with one attached hydrogen (secondary N) is 2. The minimum Gasteiger partial charge on any atom is -0.507 e. The molecule has 5 rings (SSSR count). The molecule has 0 aliphatic heterocycles. The SMILES string of the molecule is CCn1ncc2c(C(=O)NCc3ccc(NC(=O)c4ccccc4O)cc3)cc(C3CC3)nc21. The molecule has 0 atom stereocenters. The number of amides is 2. The van der Waals surface area contributed by atoms with Crippen LogP contribution in [-0.2, 0) is 13.1 Å². The van der Waals surface area contributed by atoms with Crippen molar-refractivity contribution in [3.63, 3.8) is 0 Å². The molecule has 2 heterocycles. The van der Waals surface area contributed by atoms with Crippen LogP contribution in [0.1, 0.15) is 57.7 Å². The smallest absolute Gasteiger partial charge is 0.259 e. The van der Waals surface area contributed by atoms with E-state index in [2.05, 4.69) is 15.7 Å². The van der Waals surface area contributed by atoms with Crippen molar-refractivity contribution >= 4 is 28.5 Å². The summed E-state index contributed by atoms with van der Waals surface area (Å²) < 4.78 is 1.82. The first-order chi connectivity index (χ1) is 16.5. The number of phenolic OH excluding ortho intramolecular Hbond substituents is 1. The third-order valence-corrected chi connectivity index (χ3v) is 5.98. The molecule has 1 saturated carbocycles. The van der Waals surface area contributed by atoms with Gasteiger partial charge in [-0.2, -0.15) is 5.10 Å². The van der Waals surface area contributed by atoms with Gasteiger partial charge in [0.1, 0.15) is 5.75 Å². The lowest BCUT2D eigenvalue weighted by atomic mass is 10.1. The van der Waals surface area contributed by atoms with Crippen molar-refractivity contribution in [1.29, 1.82) is 0 Å². The number of benzene rings is 2. The van der Waals surface area contributed by atoms with Gasteiger partial charge in [0.15, 0.2) is 5.65 Å². The molecule has 0 saturated heterocycles. The van der Waals surface area contributed by atoms with Crippen LogP contribution in [0.25, 0.3) is 11.0 Å². The van der Waals surface area contributed by atoms with Crippen LogP contribution in [0.15, 0.2) is 60.8 Å². The molecule has 3 N–H and O–H groups in total. The number of anilines is 1. The molecule has 0 radical (unpaired) electrons. The van der Waals surface area contributed by atoms with Crippen molar-refractivity contribution in [2.45, 2.75) is 38.8 Å². The monoisotopic (exact) mass is 455 g/mol. The van der Waals surface area contributed by atoms with Crippen molar-refractivity contribution in [3.8, 4) is 5.75 Å². The molecule has 0 unspecified atom stereocenters. The van der Waals surface area contributed by atoms with Crippen LogP contribution in [0.5, 0.6) is 5.75 Å². The van der Waals surface area contributed by atoms with Gasteiger partial charge < -0.3 is 15.7 Å². The predicted octanol–water partition coefficient (Wildman–Crippen LogP) is 4.22. The summed E-state index contributed by atoms with van der Waals surface area (Å²) in [5.74, 6) is -0.197. The van der Waals surface area contributed by atoms with E-state index in [1.165, 1.54) is 6.07 Å². The van der Waals surface area contributed by atoms with Crippen LogP contribution in [0, 0.1) is 0 Å². The number of hydrogen-bond acceptors (Lipinski definition) is 5. The zero-order valence-electron chi connectivity index (χ0n) is 18.8. The van der Waals surface area contributed by atoms with Gasteiger partial charge in [-0.05, 0) is 55.7 Å². The number of carbonyl (C=O) groups excluding carboxylic acids is 2. The maximum atomic E-state index is 13.1. The summed E-state index contributed by atoms with van der Waals surface area (Å²) in [6.07, 6.45) is 3.92. The Balaban J connectivity index is 1.27. The van der Waals surface area contributed by atoms with Crippen molar-refractivity contribution in [2.75, 3.05) is 5.32 Å². The second kappa shape index (κ2) is 8.97. The highest BCUT2D eigenvalue weighted by Crippen LogP contribution is 2.40. The van der Waals surface area contributed by atoms with Gasteiger partial charge in [-0.25, -0.2) is 9.67 Å². The molecule has 2 aromatic heterocycles. The molecule has 172 valence electrons. The summed E-state index contributed by atoms with van der Waals surface area (Å²) in [6.45, 7) is 3.04. The number of aromatic hydroxyl groups is 1. The van der Waals surface area contributed by atoms with E-state index in [0.29, 0.717) is 30.3 Å². The van der Waals surface area contributed by atoms with Gasteiger partial charge in [-0.1, -0.05) is 24.3 Å². The fourth-order valence-corrected chi connectivity index (χ4v) is 3.92. The number of phenols is 1. The van der Waals surface area contributed by atoms with Gasteiger partial charge in [-0.15, -0.1) is 0 Å². The second-order valence-electron chi connectivity index (χ2n) is 8.42. The summed E-state index contributed by atoms with van der Waals surface area (Å²) in [5.41, 5.74) is 4.00. The van der Waals surface area contributed by atoms with Crippen LogP contribution >= 0.6 is 0 Å². The Morgan fingerprint density at radius 2 is 1.82 bits per heavy atom. The fraction of sp³-hybridized carbons (Fsp3) is 0.231. The Hall–Kier alpha value is -4.20. The molecular weight excluding hydrogens is 430 g/mol. The molecule has 34 heavy (non-hydrogen) atoms. The molecule has 8 nitrogen and oxygen atoms in total. The first kappa shape index (κ1) is 21.6. The number of rotatable bonds is 7. The number of aryl methyl sites for hydroxylation is 1. The van der Waals surface area contributed by atoms with E-state index < -0.39 is 0 Å². The van der Waals surface area contributed by atoms with Gasteiger partial charge in [0.2, 0.25) is 0 Å². The number of carbonyl (C=O) groups is 2. The minimum absolute atomic E-state index is 0.0705. The lowest BCUT2D eigenvalue weighted by Gasteiger charge is -2.10. The van der Waals surface area contributed by atoms with E-state index >= 15 is 0 Å². The summed E-state index contributed by atoms with van der Waals surface area (Å²) in [4.78, 5) is 30.2. The van der Waals surface area contributed by atoms with E-state index in [9.17, 15) is 14.7 Å². The van der Waals surface area contributed by atoms with E-state index in [0.717, 1.165) is 35.1 Å². The molecule has 1 aliphatic rings. The maximum Gasteiger partial charge on any atom is 0.259 e. The molecule has 8 heteroatoms. The van der Waals surface area contributed by atoms with Crippen molar-refractivity contribution < 1.29 is 14.7 Å². The Labute approximate surface area is 196 Å². The Bertz CT molecular complexity index is 1370. The van der Waals surface area contributed by atoms with Gasteiger partial charge in [0, 0.05) is 30.4 Å². The highest BCUT2D eigenvalue weighted by atomic mass is 16.3. The molecule has 2 aromatic carbocycles. The molecule has 0 bridgehead atoms. The van der Waals surface area contributed by atoms with Crippen LogP contribution < -0.4 is 10.6 Å². The average Bonchev–Trinajstić information content (AvgIpc) is 3.62. The van der Waals surface area contributed by atoms with Crippen LogP contribution in [0.4, 0.5) is 5.69 Å². The normalized spacial score (nSPS) is 13.1. The van der Waals surface area contributed by atoms with E-state index in [-0.39, 0.29) is 23.1 Å². The van der Waals surface area contributed by atoms with Crippen LogP contribution in [-0.4, -0.2) is 31.7 Å². The zero-order valence-corrected chi connectivity index (χ0v) is 18.8. The lowest BCUT2D eigenvalue weighted by Crippen LogP contribution is -2.23. The van der Waals surface area contributed by atoms with Gasteiger partial charge in [-0.3, -0.25) is 9.59 Å². The van der Waals surface area contributed by atoms with Crippen molar-refractivity contribution in [1.82, 2.24) is 20.1 Å². The number of fused-ring (bicyclic) bond motifs is 1. The summed E-state index contributed by atoms with van der Waals surface area (Å²) >= 11 is 0. The van der Waals surface area contributed by atoms with Gasteiger partial charge in [0.05, 0.1) is 22.7 Å². The minimum atomic E-state index is -0.389. The zero-order chi connectivity index (χ0) is 23.7. The molecule has 0 spiro atoms. The molecular formula is C26H25N5O3. The lowest BCUT2D eigenvalue weighted by molar-refractivity contribution is 0.0951. The molecule has 1 fully saturated rings. The topological polar surface area (TPSA) is 109 Å². The number of aromatic nitrogens is 3. The standard InChI is InChI=1S/C26H25N5O3/c1-2-31-24-21(15-28-31)20(13-22(30-24)17-9-10-17)25(33)27-14-16-7-11-18(12-8-16)29-26(34)19-5-3-4-6-23(19)32/h3-8,11-13,15,17,32H,2,9-10,14H2,1H3,(H,27,33)(H,29,34). The molecule has 2 amide bonds. The average molecular weight is 456 g/mol. The summed E-state index contributed by atoms with van der Waals surface area (Å²) in [5, 5.41) is 20.7. The highest BCUT2D eigenvalue weighted by molar-refractivity contribution is 6.06. The Kier molecular flexibility index (Phi) is 5.71. The first-order valence-electron chi connectivity index (χ1n) is 11.4. The van der Waals surface area contributed by atoms with Crippen molar-refractivity contribution in [2.24, 2.45) is 0 Å². The second-order valence-corrected chi connectivity index (χ2v) is 8.42. The summed E-state index contributed by atoms with van der Waals surface area (Å²) in [7, 11) is 0. The van der Waals surface area contributed by atoms with E-state index in [1.807, 2.05) is 29.8 Å². The Morgan fingerprint density at radius 1 is 1.06 bits per heavy atom. The van der Waals surface area contributed by atoms with Crippen LogP contribution in [0.3, 0.4) is 0 Å². The highest BCUT2D eigenvalue weighted by Gasteiger charge is 2.28. The van der Waals surface area contributed by atoms with E-state index in [1.54, 1.807) is 36.5 Å².